The van der Waals surface area contributed by atoms with Crippen LogP contribution in [0.1, 0.15) is 18.4 Å². The number of alkyl halides is 1. The number of nitrogens with zero attached hydrogens (tertiary/aromatic N) is 2. The van der Waals surface area contributed by atoms with Crippen molar-refractivity contribution in [2.24, 2.45) is 0 Å². The first-order valence-corrected chi connectivity index (χ1v) is 6.18. The monoisotopic (exact) mass is 322 g/mol. The molecule has 0 amide bonds. The van der Waals surface area contributed by atoms with Crippen molar-refractivity contribution in [1.82, 2.24) is 9.78 Å². The second kappa shape index (κ2) is 4.09. The van der Waals surface area contributed by atoms with Gasteiger partial charge in [0.15, 0.2) is 5.60 Å². The fraction of sp³-hybridized carbons (Fsp3) is 0.556. The van der Waals surface area contributed by atoms with Gasteiger partial charge in [-0.1, -0.05) is 22.6 Å². The van der Waals surface area contributed by atoms with Crippen molar-refractivity contribution in [1.29, 1.82) is 0 Å². The molecule has 1 N–H and O–H groups in total. The molecule has 0 aromatic carbocycles. The van der Waals surface area contributed by atoms with Gasteiger partial charge in [0, 0.05) is 18.4 Å². The van der Waals surface area contributed by atoms with Gasteiger partial charge in [0.05, 0.1) is 10.7 Å². The van der Waals surface area contributed by atoms with Crippen LogP contribution in [0.25, 0.3) is 0 Å². The van der Waals surface area contributed by atoms with Crippen LogP contribution in [0.4, 0.5) is 0 Å². The number of aliphatic carboxylic acids is 1. The molecule has 1 unspecified atom stereocenters. The summed E-state index contributed by atoms with van der Waals surface area (Å²) in [6.45, 7) is 0.502. The Hall–Kier alpha value is -0.630. The molecule has 1 saturated heterocycles. The van der Waals surface area contributed by atoms with Gasteiger partial charge in [0.2, 0.25) is 0 Å². The summed E-state index contributed by atoms with van der Waals surface area (Å²) in [4.78, 5) is 11.3. The number of carboxylic acid groups (broad SMARTS) is 1. The van der Waals surface area contributed by atoms with Crippen LogP contribution in [0.2, 0.25) is 0 Å². The van der Waals surface area contributed by atoms with Crippen LogP contribution in [-0.4, -0.2) is 27.5 Å². The molecule has 15 heavy (non-hydrogen) atoms. The van der Waals surface area contributed by atoms with E-state index in [-0.39, 0.29) is 0 Å². The van der Waals surface area contributed by atoms with Crippen molar-refractivity contribution in [3.05, 3.63) is 18.0 Å². The predicted octanol–water partition coefficient (Wildman–Crippen LogP) is 1.37. The molecular weight excluding hydrogens is 311 g/mol. The SMILES string of the molecule is O=C(O)C1(c2cnn(CI)c2)CCCO1. The summed E-state index contributed by atoms with van der Waals surface area (Å²) in [6.07, 6.45) is 4.63. The van der Waals surface area contributed by atoms with Crippen molar-refractivity contribution in [2.75, 3.05) is 6.61 Å². The van der Waals surface area contributed by atoms with Gasteiger partial charge in [0.1, 0.15) is 0 Å². The normalized spacial score (nSPS) is 25.7. The third kappa shape index (κ3) is 1.76. The minimum absolute atomic E-state index is 0.502. The standard InChI is InChI=1S/C9H11IN2O3/c10-6-12-5-7(4-11-12)9(8(13)14)2-1-3-15-9/h4-5H,1-3,6H2,(H,13,14). The van der Waals surface area contributed by atoms with Gasteiger partial charge in [-0.2, -0.15) is 5.10 Å². The molecule has 1 aliphatic heterocycles. The van der Waals surface area contributed by atoms with Gasteiger partial charge in [-0.25, -0.2) is 4.79 Å². The number of hydrogen-bond acceptors (Lipinski definition) is 3. The molecular formula is C9H11IN2O3. The Labute approximate surface area is 101 Å². The fourth-order valence-corrected chi connectivity index (χ4v) is 2.17. The molecule has 1 fully saturated rings. The minimum Gasteiger partial charge on any atom is -0.479 e. The molecule has 82 valence electrons. The summed E-state index contributed by atoms with van der Waals surface area (Å²) < 4.78 is 7.79. The summed E-state index contributed by atoms with van der Waals surface area (Å²) >= 11 is 2.16. The van der Waals surface area contributed by atoms with Crippen molar-refractivity contribution in [3.63, 3.8) is 0 Å². The van der Waals surface area contributed by atoms with Crippen LogP contribution in [0.15, 0.2) is 12.4 Å². The fourth-order valence-electron chi connectivity index (χ4n) is 1.80. The van der Waals surface area contributed by atoms with E-state index < -0.39 is 11.6 Å². The van der Waals surface area contributed by atoms with E-state index in [4.69, 9.17) is 4.74 Å². The van der Waals surface area contributed by atoms with E-state index in [9.17, 15) is 9.90 Å². The molecule has 2 heterocycles. The molecule has 1 aromatic rings. The van der Waals surface area contributed by atoms with Crippen molar-refractivity contribution in [3.8, 4) is 0 Å². The highest BCUT2D eigenvalue weighted by Gasteiger charge is 2.45. The minimum atomic E-state index is -1.16. The average molecular weight is 322 g/mol. The molecule has 5 nitrogen and oxygen atoms in total. The quantitative estimate of drug-likeness (QED) is 0.674. The molecule has 6 heteroatoms. The van der Waals surface area contributed by atoms with E-state index in [1.54, 1.807) is 17.1 Å². The van der Waals surface area contributed by atoms with Crippen LogP contribution in [0.5, 0.6) is 0 Å². The number of ether oxygens (including phenoxy) is 1. The Morgan fingerprint density at radius 2 is 2.60 bits per heavy atom. The second-order valence-electron chi connectivity index (χ2n) is 3.47. The first-order valence-electron chi connectivity index (χ1n) is 4.65. The van der Waals surface area contributed by atoms with Gasteiger partial charge in [-0.3, -0.25) is 4.68 Å². The van der Waals surface area contributed by atoms with Crippen LogP contribution < -0.4 is 0 Å². The zero-order valence-electron chi connectivity index (χ0n) is 8.02. The Bertz CT molecular complexity index is 371. The molecule has 1 atom stereocenters. The van der Waals surface area contributed by atoms with Crippen molar-refractivity contribution < 1.29 is 14.6 Å². The van der Waals surface area contributed by atoms with E-state index in [0.29, 0.717) is 23.1 Å². The number of halogens is 1. The third-order valence-electron chi connectivity index (χ3n) is 2.59. The van der Waals surface area contributed by atoms with E-state index >= 15 is 0 Å². The summed E-state index contributed by atoms with van der Waals surface area (Å²) in [5.41, 5.74) is -0.520. The van der Waals surface area contributed by atoms with Crippen LogP contribution in [0, 0.1) is 0 Å². The van der Waals surface area contributed by atoms with E-state index in [1.807, 2.05) is 0 Å². The highest BCUT2D eigenvalue weighted by atomic mass is 127. The lowest BCUT2D eigenvalue weighted by Crippen LogP contribution is -2.34. The van der Waals surface area contributed by atoms with Gasteiger partial charge in [0.25, 0.3) is 0 Å². The maximum atomic E-state index is 11.3. The predicted molar refractivity (Wildman–Crippen MR) is 60.7 cm³/mol. The van der Waals surface area contributed by atoms with Gasteiger partial charge < -0.3 is 9.84 Å². The number of rotatable bonds is 3. The third-order valence-corrected chi connectivity index (χ3v) is 3.29. The van der Waals surface area contributed by atoms with Gasteiger partial charge in [-0.15, -0.1) is 0 Å². The maximum Gasteiger partial charge on any atom is 0.340 e. The van der Waals surface area contributed by atoms with E-state index in [0.717, 1.165) is 6.42 Å². The highest BCUT2D eigenvalue weighted by molar-refractivity contribution is 14.1. The molecule has 1 aromatic heterocycles. The van der Waals surface area contributed by atoms with Gasteiger partial charge in [-0.05, 0) is 12.8 Å². The Morgan fingerprint density at radius 3 is 3.07 bits per heavy atom. The number of carboxylic acids is 1. The lowest BCUT2D eigenvalue weighted by Gasteiger charge is -2.21. The Balaban J connectivity index is 2.36. The van der Waals surface area contributed by atoms with Crippen LogP contribution in [0.3, 0.4) is 0 Å². The Morgan fingerprint density at radius 1 is 1.80 bits per heavy atom. The zero-order chi connectivity index (χ0) is 10.9. The molecule has 0 spiro atoms. The number of carbonyl (C=O) groups is 1. The van der Waals surface area contributed by atoms with E-state index in [2.05, 4.69) is 27.7 Å². The summed E-state index contributed by atoms with van der Waals surface area (Å²) in [7, 11) is 0. The summed E-state index contributed by atoms with van der Waals surface area (Å²) in [5, 5.41) is 13.3. The molecule has 1 aliphatic rings. The molecule has 0 bridgehead atoms. The first kappa shape index (κ1) is 10.9. The van der Waals surface area contributed by atoms with Crippen LogP contribution in [-0.2, 0) is 19.7 Å². The second-order valence-corrected chi connectivity index (χ2v) is 4.15. The summed E-state index contributed by atoms with van der Waals surface area (Å²) in [5.74, 6) is -0.923. The average Bonchev–Trinajstić information content (AvgIpc) is 2.87. The Kier molecular flexibility index (Phi) is 2.96. The highest BCUT2D eigenvalue weighted by Crippen LogP contribution is 2.36. The van der Waals surface area contributed by atoms with Crippen molar-refractivity contribution >= 4 is 28.6 Å². The lowest BCUT2D eigenvalue weighted by atomic mass is 9.94. The number of hydrogen-bond donors (Lipinski definition) is 1. The molecule has 0 aliphatic carbocycles. The van der Waals surface area contributed by atoms with E-state index in [1.165, 1.54) is 0 Å². The first-order chi connectivity index (χ1) is 7.19. The number of aromatic nitrogens is 2. The molecule has 0 saturated carbocycles. The smallest absolute Gasteiger partial charge is 0.340 e. The van der Waals surface area contributed by atoms with Crippen LogP contribution >= 0.6 is 22.6 Å². The van der Waals surface area contributed by atoms with Gasteiger partial charge >= 0.3 is 5.97 Å². The molecule has 2 rings (SSSR count). The largest absolute Gasteiger partial charge is 0.479 e. The van der Waals surface area contributed by atoms with Crippen molar-refractivity contribution in [2.45, 2.75) is 23.0 Å². The zero-order valence-corrected chi connectivity index (χ0v) is 10.2. The lowest BCUT2D eigenvalue weighted by molar-refractivity contribution is -0.161. The summed E-state index contributed by atoms with van der Waals surface area (Å²) in [6, 6.07) is 0. The molecule has 0 radical (unpaired) electrons. The topological polar surface area (TPSA) is 64.3 Å². The maximum absolute atomic E-state index is 11.3.